The molecule has 13 heavy (non-hydrogen) atoms. The van der Waals surface area contributed by atoms with Crippen molar-refractivity contribution in [3.63, 3.8) is 0 Å². The van der Waals surface area contributed by atoms with Gasteiger partial charge in [-0.15, -0.1) is 0 Å². The van der Waals surface area contributed by atoms with E-state index in [0.717, 1.165) is 0 Å². The molecule has 2 heteroatoms. The summed E-state index contributed by atoms with van der Waals surface area (Å²) in [4.78, 5) is 4.15. The SMILES string of the molecule is COc1cc(C(C)(C)C)c(C)cn1. The molecule has 0 bridgehead atoms. The molecule has 0 saturated carbocycles. The maximum Gasteiger partial charge on any atom is 0.213 e. The first-order valence-corrected chi connectivity index (χ1v) is 4.46. The monoisotopic (exact) mass is 179 g/mol. The van der Waals surface area contributed by atoms with Crippen molar-refractivity contribution in [3.8, 4) is 5.88 Å². The lowest BCUT2D eigenvalue weighted by Crippen LogP contribution is -2.13. The molecule has 1 heterocycles. The molecular weight excluding hydrogens is 162 g/mol. The molecule has 1 rings (SSSR count). The summed E-state index contributed by atoms with van der Waals surface area (Å²) in [6, 6.07) is 2.01. The van der Waals surface area contributed by atoms with E-state index >= 15 is 0 Å². The molecule has 0 saturated heterocycles. The third kappa shape index (κ3) is 2.20. The Morgan fingerprint density at radius 2 is 1.92 bits per heavy atom. The third-order valence-electron chi connectivity index (χ3n) is 2.10. The van der Waals surface area contributed by atoms with Gasteiger partial charge in [-0.2, -0.15) is 0 Å². The van der Waals surface area contributed by atoms with E-state index in [9.17, 15) is 0 Å². The normalized spacial score (nSPS) is 11.5. The molecule has 0 radical (unpaired) electrons. The van der Waals surface area contributed by atoms with Crippen molar-refractivity contribution < 1.29 is 4.74 Å². The Morgan fingerprint density at radius 1 is 1.31 bits per heavy atom. The molecule has 0 aromatic carbocycles. The second-order valence-electron chi connectivity index (χ2n) is 4.29. The number of nitrogens with zero attached hydrogens (tertiary/aromatic N) is 1. The first kappa shape index (κ1) is 10.0. The smallest absolute Gasteiger partial charge is 0.213 e. The first-order valence-electron chi connectivity index (χ1n) is 4.46. The molecule has 72 valence electrons. The molecule has 1 aromatic rings. The number of aryl methyl sites for hydroxylation is 1. The van der Waals surface area contributed by atoms with E-state index in [0.29, 0.717) is 5.88 Å². The fourth-order valence-corrected chi connectivity index (χ4v) is 1.42. The van der Waals surface area contributed by atoms with Crippen LogP contribution in [0, 0.1) is 6.92 Å². The number of rotatable bonds is 1. The standard InChI is InChI=1S/C11H17NO/c1-8-7-12-10(13-5)6-9(8)11(2,3)4/h6-7H,1-5H3. The highest BCUT2D eigenvalue weighted by Gasteiger charge is 2.17. The highest BCUT2D eigenvalue weighted by molar-refractivity contribution is 5.33. The van der Waals surface area contributed by atoms with Gasteiger partial charge >= 0.3 is 0 Å². The Balaban J connectivity index is 3.19. The van der Waals surface area contributed by atoms with Crippen LogP contribution >= 0.6 is 0 Å². The van der Waals surface area contributed by atoms with Crippen molar-refractivity contribution in [2.75, 3.05) is 7.11 Å². The predicted molar refractivity (Wildman–Crippen MR) is 54.2 cm³/mol. The Hall–Kier alpha value is -1.05. The van der Waals surface area contributed by atoms with Gasteiger partial charge in [0.05, 0.1) is 7.11 Å². The molecule has 0 aliphatic heterocycles. The quantitative estimate of drug-likeness (QED) is 0.661. The summed E-state index contributed by atoms with van der Waals surface area (Å²) in [5, 5.41) is 0. The van der Waals surface area contributed by atoms with Crippen molar-refractivity contribution in [1.29, 1.82) is 0 Å². The lowest BCUT2D eigenvalue weighted by Gasteiger charge is -2.21. The van der Waals surface area contributed by atoms with Gasteiger partial charge in [-0.25, -0.2) is 4.98 Å². The fraction of sp³-hybridized carbons (Fsp3) is 0.545. The number of pyridine rings is 1. The fourth-order valence-electron chi connectivity index (χ4n) is 1.42. The summed E-state index contributed by atoms with van der Waals surface area (Å²) in [5.74, 6) is 0.690. The van der Waals surface area contributed by atoms with Crippen LogP contribution in [0.25, 0.3) is 0 Å². The number of hydrogen-bond acceptors (Lipinski definition) is 2. The van der Waals surface area contributed by atoms with Gasteiger partial charge in [0.2, 0.25) is 5.88 Å². The minimum atomic E-state index is 0.153. The Morgan fingerprint density at radius 3 is 2.38 bits per heavy atom. The Labute approximate surface area is 80.0 Å². The maximum atomic E-state index is 5.09. The van der Waals surface area contributed by atoms with E-state index in [4.69, 9.17) is 4.74 Å². The molecule has 0 N–H and O–H groups in total. The molecule has 1 aromatic heterocycles. The van der Waals surface area contributed by atoms with E-state index in [1.54, 1.807) is 7.11 Å². The third-order valence-corrected chi connectivity index (χ3v) is 2.10. The molecule has 0 unspecified atom stereocenters. The average molecular weight is 179 g/mol. The van der Waals surface area contributed by atoms with Gasteiger partial charge in [0, 0.05) is 12.3 Å². The summed E-state index contributed by atoms with van der Waals surface area (Å²) >= 11 is 0. The Bertz CT molecular complexity index is 299. The van der Waals surface area contributed by atoms with E-state index < -0.39 is 0 Å². The highest BCUT2D eigenvalue weighted by atomic mass is 16.5. The second kappa shape index (κ2) is 3.36. The topological polar surface area (TPSA) is 22.1 Å². The van der Waals surface area contributed by atoms with Crippen molar-refractivity contribution in [2.24, 2.45) is 0 Å². The predicted octanol–water partition coefficient (Wildman–Crippen LogP) is 2.70. The van der Waals surface area contributed by atoms with Gasteiger partial charge in [0.1, 0.15) is 0 Å². The molecule has 0 spiro atoms. The zero-order valence-corrected chi connectivity index (χ0v) is 9.01. The largest absolute Gasteiger partial charge is 0.481 e. The minimum absolute atomic E-state index is 0.153. The maximum absolute atomic E-state index is 5.09. The lowest BCUT2D eigenvalue weighted by molar-refractivity contribution is 0.395. The zero-order valence-electron chi connectivity index (χ0n) is 9.01. The lowest BCUT2D eigenvalue weighted by atomic mass is 9.85. The molecule has 0 aliphatic rings. The van der Waals surface area contributed by atoms with Crippen molar-refractivity contribution >= 4 is 0 Å². The van der Waals surface area contributed by atoms with Crippen molar-refractivity contribution in [3.05, 3.63) is 23.4 Å². The van der Waals surface area contributed by atoms with Crippen LogP contribution in [0.4, 0.5) is 0 Å². The number of aromatic nitrogens is 1. The van der Waals surface area contributed by atoms with Crippen LogP contribution in [0.3, 0.4) is 0 Å². The second-order valence-corrected chi connectivity index (χ2v) is 4.29. The van der Waals surface area contributed by atoms with Crippen LogP contribution in [-0.4, -0.2) is 12.1 Å². The number of methoxy groups -OCH3 is 1. The average Bonchev–Trinajstić information content (AvgIpc) is 2.03. The van der Waals surface area contributed by atoms with E-state index in [2.05, 4.69) is 32.7 Å². The van der Waals surface area contributed by atoms with Crippen molar-refractivity contribution in [2.45, 2.75) is 33.1 Å². The van der Waals surface area contributed by atoms with Crippen LogP contribution in [0.15, 0.2) is 12.3 Å². The van der Waals surface area contributed by atoms with Gasteiger partial charge in [-0.05, 0) is 23.5 Å². The van der Waals surface area contributed by atoms with Crippen molar-refractivity contribution in [1.82, 2.24) is 4.98 Å². The van der Waals surface area contributed by atoms with Gasteiger partial charge in [0.15, 0.2) is 0 Å². The summed E-state index contributed by atoms with van der Waals surface area (Å²) in [6.45, 7) is 8.64. The molecule has 0 amide bonds. The van der Waals surface area contributed by atoms with Crippen LogP contribution < -0.4 is 4.74 Å². The Kier molecular flexibility index (Phi) is 2.60. The first-order chi connectivity index (χ1) is 5.95. The van der Waals surface area contributed by atoms with Crippen LogP contribution in [0.2, 0.25) is 0 Å². The van der Waals surface area contributed by atoms with Crippen LogP contribution in [0.1, 0.15) is 31.9 Å². The van der Waals surface area contributed by atoms with Gasteiger partial charge in [-0.3, -0.25) is 0 Å². The van der Waals surface area contributed by atoms with Gasteiger partial charge in [0.25, 0.3) is 0 Å². The van der Waals surface area contributed by atoms with E-state index in [1.807, 2.05) is 12.3 Å². The molecule has 0 fully saturated rings. The van der Waals surface area contributed by atoms with E-state index in [-0.39, 0.29) is 5.41 Å². The molecule has 0 aliphatic carbocycles. The van der Waals surface area contributed by atoms with Crippen LogP contribution in [0.5, 0.6) is 5.88 Å². The summed E-state index contributed by atoms with van der Waals surface area (Å²) in [6.07, 6.45) is 1.86. The number of ether oxygens (including phenoxy) is 1. The van der Waals surface area contributed by atoms with Crippen LogP contribution in [-0.2, 0) is 5.41 Å². The summed E-state index contributed by atoms with van der Waals surface area (Å²) in [7, 11) is 1.64. The van der Waals surface area contributed by atoms with E-state index in [1.165, 1.54) is 11.1 Å². The molecule has 0 atom stereocenters. The van der Waals surface area contributed by atoms with Gasteiger partial charge in [-0.1, -0.05) is 20.8 Å². The summed E-state index contributed by atoms with van der Waals surface area (Å²) < 4.78 is 5.09. The highest BCUT2D eigenvalue weighted by Crippen LogP contribution is 2.27. The zero-order chi connectivity index (χ0) is 10.1. The van der Waals surface area contributed by atoms with Gasteiger partial charge < -0.3 is 4.74 Å². The molecular formula is C11H17NO. The minimum Gasteiger partial charge on any atom is -0.481 e. The summed E-state index contributed by atoms with van der Waals surface area (Å²) in [5.41, 5.74) is 2.66. The number of hydrogen-bond donors (Lipinski definition) is 0. The molecule has 2 nitrogen and oxygen atoms in total.